The van der Waals surface area contributed by atoms with Gasteiger partial charge >= 0.3 is 0 Å². The minimum atomic E-state index is 0.171. The highest BCUT2D eigenvalue weighted by molar-refractivity contribution is 5.62. The molecule has 3 nitrogen and oxygen atoms in total. The van der Waals surface area contributed by atoms with Crippen LogP contribution >= 0.6 is 0 Å². The number of aromatic nitrogens is 1. The molecule has 2 aromatic rings. The van der Waals surface area contributed by atoms with Crippen molar-refractivity contribution >= 4 is 0 Å². The topological polar surface area (TPSA) is 48.1 Å². The lowest BCUT2D eigenvalue weighted by Crippen LogP contribution is -2.33. The van der Waals surface area contributed by atoms with Gasteiger partial charge in [0, 0.05) is 18.4 Å². The maximum atomic E-state index is 6.01. The zero-order valence-corrected chi connectivity index (χ0v) is 10.8. The molecule has 3 rings (SSSR count). The van der Waals surface area contributed by atoms with Gasteiger partial charge in [0.25, 0.3) is 0 Å². The Kier molecular flexibility index (Phi) is 3.47. The summed E-state index contributed by atoms with van der Waals surface area (Å²) in [4.78, 5) is 4.13. The average Bonchev–Trinajstić information content (AvgIpc) is 2.86. The Labute approximate surface area is 113 Å². The van der Waals surface area contributed by atoms with Crippen molar-refractivity contribution in [3.8, 4) is 16.9 Å². The summed E-state index contributed by atoms with van der Waals surface area (Å²) in [6.07, 6.45) is 7.11. The highest BCUT2D eigenvalue weighted by Gasteiger charge is 2.25. The molecule has 3 heteroatoms. The van der Waals surface area contributed by atoms with Crippen LogP contribution in [-0.4, -0.2) is 17.1 Å². The summed E-state index contributed by atoms with van der Waals surface area (Å²) in [7, 11) is 0. The van der Waals surface area contributed by atoms with Crippen LogP contribution in [0.15, 0.2) is 48.8 Å². The summed E-state index contributed by atoms with van der Waals surface area (Å²) >= 11 is 0. The fourth-order valence-corrected chi connectivity index (χ4v) is 2.54. The summed E-state index contributed by atoms with van der Waals surface area (Å²) in [5.41, 5.74) is 8.28. The second-order valence-corrected chi connectivity index (χ2v) is 5.02. The number of rotatable bonds is 3. The smallest absolute Gasteiger partial charge is 0.119 e. The standard InChI is InChI=1S/C16H18N2O/c17-15-4-1-5-16(15)19-14-8-6-12(7-9-14)13-3-2-10-18-11-13/h2-3,6-11,15-16H,1,4-5,17H2. The number of hydrogen-bond donors (Lipinski definition) is 1. The molecule has 98 valence electrons. The van der Waals surface area contributed by atoms with Gasteiger partial charge in [-0.3, -0.25) is 4.98 Å². The molecule has 1 fully saturated rings. The molecule has 0 saturated heterocycles. The van der Waals surface area contributed by atoms with E-state index in [1.807, 2.05) is 24.4 Å². The lowest BCUT2D eigenvalue weighted by Gasteiger charge is -2.18. The van der Waals surface area contributed by atoms with E-state index in [-0.39, 0.29) is 12.1 Å². The van der Waals surface area contributed by atoms with Crippen molar-refractivity contribution < 1.29 is 4.74 Å². The Morgan fingerprint density at radius 2 is 1.89 bits per heavy atom. The van der Waals surface area contributed by atoms with E-state index in [1.165, 1.54) is 6.42 Å². The molecule has 1 aliphatic carbocycles. The first-order chi connectivity index (χ1) is 9.33. The second kappa shape index (κ2) is 5.41. The van der Waals surface area contributed by atoms with Crippen molar-refractivity contribution in [3.05, 3.63) is 48.8 Å². The number of benzene rings is 1. The summed E-state index contributed by atoms with van der Waals surface area (Å²) in [5, 5.41) is 0. The molecular formula is C16H18N2O. The molecule has 19 heavy (non-hydrogen) atoms. The van der Waals surface area contributed by atoms with Crippen LogP contribution in [0.1, 0.15) is 19.3 Å². The van der Waals surface area contributed by atoms with Crippen LogP contribution in [0.3, 0.4) is 0 Å². The Morgan fingerprint density at radius 3 is 2.53 bits per heavy atom. The van der Waals surface area contributed by atoms with E-state index in [1.54, 1.807) is 6.20 Å². The Bertz CT molecular complexity index is 524. The Morgan fingerprint density at radius 1 is 1.05 bits per heavy atom. The van der Waals surface area contributed by atoms with Gasteiger partial charge in [0.2, 0.25) is 0 Å². The molecule has 0 bridgehead atoms. The van der Waals surface area contributed by atoms with Gasteiger partial charge in [0.15, 0.2) is 0 Å². The van der Waals surface area contributed by atoms with Gasteiger partial charge in [-0.15, -0.1) is 0 Å². The zero-order valence-electron chi connectivity index (χ0n) is 10.8. The summed E-state index contributed by atoms with van der Waals surface area (Å²) in [6, 6.07) is 12.3. The first-order valence-corrected chi connectivity index (χ1v) is 6.75. The van der Waals surface area contributed by atoms with Crippen LogP contribution in [0.5, 0.6) is 5.75 Å². The number of nitrogens with zero attached hydrogens (tertiary/aromatic N) is 1. The van der Waals surface area contributed by atoms with E-state index in [0.717, 1.165) is 29.7 Å². The fourth-order valence-electron chi connectivity index (χ4n) is 2.54. The first kappa shape index (κ1) is 12.2. The van der Waals surface area contributed by atoms with E-state index in [4.69, 9.17) is 10.5 Å². The van der Waals surface area contributed by atoms with Gasteiger partial charge in [-0.2, -0.15) is 0 Å². The van der Waals surface area contributed by atoms with E-state index < -0.39 is 0 Å². The van der Waals surface area contributed by atoms with Crippen molar-refractivity contribution in [2.75, 3.05) is 0 Å². The van der Waals surface area contributed by atoms with Crippen LogP contribution < -0.4 is 10.5 Å². The number of ether oxygens (including phenoxy) is 1. The largest absolute Gasteiger partial charge is 0.489 e. The highest BCUT2D eigenvalue weighted by Crippen LogP contribution is 2.26. The van der Waals surface area contributed by atoms with Gasteiger partial charge in [0.05, 0.1) is 0 Å². The Hall–Kier alpha value is -1.87. The molecule has 0 spiro atoms. The molecule has 1 aromatic carbocycles. The maximum absolute atomic E-state index is 6.01. The molecular weight excluding hydrogens is 236 g/mol. The second-order valence-electron chi connectivity index (χ2n) is 5.02. The average molecular weight is 254 g/mol. The zero-order chi connectivity index (χ0) is 13.1. The molecule has 2 atom stereocenters. The van der Waals surface area contributed by atoms with Crippen LogP contribution in [-0.2, 0) is 0 Å². The van der Waals surface area contributed by atoms with E-state index in [9.17, 15) is 0 Å². The number of pyridine rings is 1. The van der Waals surface area contributed by atoms with Crippen molar-refractivity contribution in [2.24, 2.45) is 5.73 Å². The first-order valence-electron chi connectivity index (χ1n) is 6.75. The quantitative estimate of drug-likeness (QED) is 0.916. The predicted molar refractivity (Wildman–Crippen MR) is 75.9 cm³/mol. The van der Waals surface area contributed by atoms with Crippen LogP contribution in [0, 0.1) is 0 Å². The molecule has 0 amide bonds. The normalized spacial score (nSPS) is 22.4. The molecule has 2 N–H and O–H groups in total. The van der Waals surface area contributed by atoms with Gasteiger partial charge in [0.1, 0.15) is 11.9 Å². The Balaban J connectivity index is 1.72. The van der Waals surface area contributed by atoms with Gasteiger partial charge < -0.3 is 10.5 Å². The minimum absolute atomic E-state index is 0.171. The molecule has 0 radical (unpaired) electrons. The lowest BCUT2D eigenvalue weighted by atomic mass is 10.1. The number of nitrogens with two attached hydrogens (primary N) is 1. The third-order valence-corrected chi connectivity index (χ3v) is 3.64. The van der Waals surface area contributed by atoms with Crippen molar-refractivity contribution in [1.29, 1.82) is 0 Å². The van der Waals surface area contributed by atoms with Gasteiger partial charge in [-0.05, 0) is 48.6 Å². The third-order valence-electron chi connectivity index (χ3n) is 3.64. The van der Waals surface area contributed by atoms with Gasteiger partial charge in [-0.25, -0.2) is 0 Å². The molecule has 1 aromatic heterocycles. The minimum Gasteiger partial charge on any atom is -0.489 e. The molecule has 2 unspecified atom stereocenters. The van der Waals surface area contributed by atoms with Crippen LogP contribution in [0.2, 0.25) is 0 Å². The SMILES string of the molecule is NC1CCCC1Oc1ccc(-c2cccnc2)cc1. The monoisotopic (exact) mass is 254 g/mol. The maximum Gasteiger partial charge on any atom is 0.119 e. The van der Waals surface area contributed by atoms with Crippen LogP contribution in [0.4, 0.5) is 0 Å². The predicted octanol–water partition coefficient (Wildman–Crippen LogP) is 3.01. The van der Waals surface area contributed by atoms with Gasteiger partial charge in [-0.1, -0.05) is 18.2 Å². The molecule has 1 aliphatic rings. The van der Waals surface area contributed by atoms with E-state index in [2.05, 4.69) is 23.2 Å². The lowest BCUT2D eigenvalue weighted by molar-refractivity contribution is 0.192. The molecule has 1 heterocycles. The van der Waals surface area contributed by atoms with Crippen molar-refractivity contribution in [2.45, 2.75) is 31.4 Å². The summed E-state index contributed by atoms with van der Waals surface area (Å²) < 4.78 is 5.94. The highest BCUT2D eigenvalue weighted by atomic mass is 16.5. The van der Waals surface area contributed by atoms with E-state index in [0.29, 0.717) is 0 Å². The molecule has 1 saturated carbocycles. The third kappa shape index (κ3) is 2.76. The van der Waals surface area contributed by atoms with Crippen LogP contribution in [0.25, 0.3) is 11.1 Å². The fraction of sp³-hybridized carbons (Fsp3) is 0.312. The summed E-state index contributed by atoms with van der Waals surface area (Å²) in [6.45, 7) is 0. The van der Waals surface area contributed by atoms with Crippen molar-refractivity contribution in [1.82, 2.24) is 4.98 Å². The number of hydrogen-bond acceptors (Lipinski definition) is 3. The van der Waals surface area contributed by atoms with E-state index >= 15 is 0 Å². The van der Waals surface area contributed by atoms with Crippen molar-refractivity contribution in [3.63, 3.8) is 0 Å². The molecule has 0 aliphatic heterocycles. The summed E-state index contributed by atoms with van der Waals surface area (Å²) in [5.74, 6) is 0.898.